The first-order chi connectivity index (χ1) is 11.1. The summed E-state index contributed by atoms with van der Waals surface area (Å²) in [6, 6.07) is 11.2. The average molecular weight is 440 g/mol. The molecule has 0 saturated carbocycles. The average Bonchev–Trinajstić information content (AvgIpc) is 2.97. The molecule has 0 aliphatic carbocycles. The fourth-order valence-corrected chi connectivity index (χ4v) is 2.72. The number of ether oxygens (including phenoxy) is 2. The third-order valence-electron chi connectivity index (χ3n) is 3.16. The van der Waals surface area contributed by atoms with Gasteiger partial charge in [0, 0.05) is 14.5 Å². The minimum atomic E-state index is -0.180. The molecular formula is C16H12Br2N2O3. The molecule has 1 aliphatic rings. The summed E-state index contributed by atoms with van der Waals surface area (Å²) in [7, 11) is 0. The van der Waals surface area contributed by atoms with Crippen molar-refractivity contribution in [3.05, 3.63) is 56.5 Å². The van der Waals surface area contributed by atoms with E-state index >= 15 is 0 Å². The van der Waals surface area contributed by atoms with E-state index in [-0.39, 0.29) is 19.1 Å². The zero-order valence-corrected chi connectivity index (χ0v) is 15.1. The predicted molar refractivity (Wildman–Crippen MR) is 93.8 cm³/mol. The molecule has 0 radical (unpaired) electrons. The Morgan fingerprint density at radius 1 is 1.17 bits per heavy atom. The number of hydrogen-bond acceptors (Lipinski definition) is 4. The van der Waals surface area contributed by atoms with Gasteiger partial charge in [-0.1, -0.05) is 28.1 Å². The van der Waals surface area contributed by atoms with Gasteiger partial charge in [-0.25, -0.2) is 5.43 Å². The monoisotopic (exact) mass is 438 g/mol. The van der Waals surface area contributed by atoms with Gasteiger partial charge in [0.1, 0.15) is 0 Å². The van der Waals surface area contributed by atoms with Crippen LogP contribution in [0.1, 0.15) is 11.1 Å². The summed E-state index contributed by atoms with van der Waals surface area (Å²) in [6.45, 7) is 0.215. The Morgan fingerprint density at radius 2 is 1.87 bits per heavy atom. The van der Waals surface area contributed by atoms with Crippen LogP contribution in [0.4, 0.5) is 0 Å². The van der Waals surface area contributed by atoms with Gasteiger partial charge in [0.2, 0.25) is 12.7 Å². The maximum absolute atomic E-state index is 11.9. The number of benzene rings is 2. The number of halogens is 2. The van der Waals surface area contributed by atoms with Crippen molar-refractivity contribution in [2.24, 2.45) is 5.10 Å². The predicted octanol–water partition coefficient (Wildman–Crippen LogP) is 3.63. The summed E-state index contributed by atoms with van der Waals surface area (Å²) in [5.41, 5.74) is 4.23. The zero-order valence-electron chi connectivity index (χ0n) is 11.9. The van der Waals surface area contributed by atoms with Crippen LogP contribution in [0.15, 0.2) is 50.4 Å². The van der Waals surface area contributed by atoms with Crippen molar-refractivity contribution < 1.29 is 14.3 Å². The number of fused-ring (bicyclic) bond motifs is 1. The fourth-order valence-electron chi connectivity index (χ4n) is 2.03. The maximum Gasteiger partial charge on any atom is 0.244 e. The number of carbonyl (C=O) groups is 1. The Hall–Kier alpha value is -1.86. The molecule has 0 fully saturated rings. The van der Waals surface area contributed by atoms with E-state index in [0.29, 0.717) is 11.5 Å². The fraction of sp³-hybridized carbons (Fsp3) is 0.125. The minimum Gasteiger partial charge on any atom is -0.454 e. The van der Waals surface area contributed by atoms with E-state index in [1.807, 2.05) is 30.3 Å². The van der Waals surface area contributed by atoms with Crippen LogP contribution in [-0.4, -0.2) is 18.9 Å². The van der Waals surface area contributed by atoms with Crippen LogP contribution in [-0.2, 0) is 11.2 Å². The highest BCUT2D eigenvalue weighted by Crippen LogP contribution is 2.36. The minimum absolute atomic E-state index is 0.180. The molecule has 0 atom stereocenters. The van der Waals surface area contributed by atoms with Gasteiger partial charge in [-0.15, -0.1) is 0 Å². The smallest absolute Gasteiger partial charge is 0.244 e. The molecule has 5 nitrogen and oxygen atoms in total. The molecule has 1 aliphatic heterocycles. The van der Waals surface area contributed by atoms with Crippen molar-refractivity contribution >= 4 is 44.0 Å². The molecule has 7 heteroatoms. The molecule has 0 unspecified atom stereocenters. The summed E-state index contributed by atoms with van der Waals surface area (Å²) < 4.78 is 12.4. The third kappa shape index (κ3) is 4.11. The Balaban J connectivity index is 1.60. The van der Waals surface area contributed by atoms with Gasteiger partial charge in [-0.2, -0.15) is 5.10 Å². The molecule has 1 N–H and O–H groups in total. The highest BCUT2D eigenvalue weighted by Gasteiger charge is 2.15. The van der Waals surface area contributed by atoms with Crippen molar-refractivity contribution in [3.63, 3.8) is 0 Å². The van der Waals surface area contributed by atoms with Crippen LogP contribution >= 0.6 is 31.9 Å². The molecule has 2 aromatic rings. The zero-order chi connectivity index (χ0) is 16.2. The van der Waals surface area contributed by atoms with Gasteiger partial charge in [0.05, 0.1) is 12.6 Å². The largest absolute Gasteiger partial charge is 0.454 e. The van der Waals surface area contributed by atoms with Crippen LogP contribution < -0.4 is 14.9 Å². The normalized spacial score (nSPS) is 12.6. The summed E-state index contributed by atoms with van der Waals surface area (Å²) in [6.07, 6.45) is 1.83. The Labute approximate surface area is 149 Å². The molecule has 1 amide bonds. The van der Waals surface area contributed by atoms with Crippen LogP contribution in [0.5, 0.6) is 11.5 Å². The molecule has 0 aromatic heterocycles. The van der Waals surface area contributed by atoms with Crippen molar-refractivity contribution in [1.29, 1.82) is 0 Å². The summed E-state index contributed by atoms with van der Waals surface area (Å²) in [5.74, 6) is 1.17. The van der Waals surface area contributed by atoms with Gasteiger partial charge in [-0.3, -0.25) is 4.79 Å². The topological polar surface area (TPSA) is 59.9 Å². The van der Waals surface area contributed by atoms with Crippen LogP contribution in [0.2, 0.25) is 0 Å². The molecule has 0 spiro atoms. The SMILES string of the molecule is O=C(Cc1ccc(Br)cc1)N/N=C/c1cc2c(cc1Br)OCO2. The molecule has 1 heterocycles. The standard InChI is InChI=1S/C16H12Br2N2O3/c17-12-3-1-10(2-4-12)5-16(21)20-19-8-11-6-14-15(7-13(11)18)23-9-22-14/h1-4,6-8H,5,9H2,(H,20,21)/b19-8+. The first kappa shape index (κ1) is 16.0. The molecule has 0 bridgehead atoms. The van der Waals surface area contributed by atoms with Gasteiger partial charge >= 0.3 is 0 Å². The van der Waals surface area contributed by atoms with E-state index in [0.717, 1.165) is 20.1 Å². The quantitative estimate of drug-likeness (QED) is 0.584. The maximum atomic E-state index is 11.9. The van der Waals surface area contributed by atoms with E-state index < -0.39 is 0 Å². The molecule has 2 aromatic carbocycles. The van der Waals surface area contributed by atoms with E-state index in [9.17, 15) is 4.79 Å². The molecule has 23 heavy (non-hydrogen) atoms. The highest BCUT2D eigenvalue weighted by molar-refractivity contribution is 9.10. The van der Waals surface area contributed by atoms with Crippen molar-refractivity contribution in [2.75, 3.05) is 6.79 Å². The highest BCUT2D eigenvalue weighted by atomic mass is 79.9. The lowest BCUT2D eigenvalue weighted by molar-refractivity contribution is -0.120. The summed E-state index contributed by atoms with van der Waals surface area (Å²) in [4.78, 5) is 11.9. The molecule has 0 saturated heterocycles. The first-order valence-corrected chi connectivity index (χ1v) is 8.36. The molecule has 3 rings (SSSR count). The Bertz CT molecular complexity index is 761. The first-order valence-electron chi connectivity index (χ1n) is 6.77. The summed E-state index contributed by atoms with van der Waals surface area (Å²) in [5, 5.41) is 3.98. The van der Waals surface area contributed by atoms with Crippen LogP contribution in [0.3, 0.4) is 0 Å². The van der Waals surface area contributed by atoms with Gasteiger partial charge < -0.3 is 9.47 Å². The third-order valence-corrected chi connectivity index (χ3v) is 4.38. The summed E-state index contributed by atoms with van der Waals surface area (Å²) >= 11 is 6.79. The van der Waals surface area contributed by atoms with Gasteiger partial charge in [0.15, 0.2) is 11.5 Å². The second-order valence-corrected chi connectivity index (χ2v) is 6.59. The van der Waals surface area contributed by atoms with E-state index in [1.54, 1.807) is 12.3 Å². The van der Waals surface area contributed by atoms with Crippen LogP contribution in [0.25, 0.3) is 0 Å². The van der Waals surface area contributed by atoms with E-state index in [2.05, 4.69) is 42.4 Å². The van der Waals surface area contributed by atoms with Gasteiger partial charge in [0.25, 0.3) is 0 Å². The van der Waals surface area contributed by atoms with Crippen molar-refractivity contribution in [1.82, 2.24) is 5.43 Å². The van der Waals surface area contributed by atoms with Crippen LogP contribution in [0, 0.1) is 0 Å². The number of rotatable bonds is 4. The lowest BCUT2D eigenvalue weighted by atomic mass is 10.1. The second-order valence-electron chi connectivity index (χ2n) is 4.82. The van der Waals surface area contributed by atoms with E-state index in [4.69, 9.17) is 9.47 Å². The van der Waals surface area contributed by atoms with E-state index in [1.165, 1.54) is 0 Å². The Kier molecular flexibility index (Phi) is 4.97. The number of hydrogen-bond donors (Lipinski definition) is 1. The lowest BCUT2D eigenvalue weighted by Crippen LogP contribution is -2.19. The lowest BCUT2D eigenvalue weighted by Gasteiger charge is -2.03. The number of nitrogens with zero attached hydrogens (tertiary/aromatic N) is 1. The number of nitrogens with one attached hydrogen (secondary N) is 1. The van der Waals surface area contributed by atoms with Crippen molar-refractivity contribution in [2.45, 2.75) is 6.42 Å². The molecule has 118 valence electrons. The number of carbonyl (C=O) groups excluding carboxylic acids is 1. The van der Waals surface area contributed by atoms with Crippen molar-refractivity contribution in [3.8, 4) is 11.5 Å². The number of hydrazone groups is 1. The Morgan fingerprint density at radius 3 is 2.61 bits per heavy atom. The van der Waals surface area contributed by atoms with Gasteiger partial charge in [-0.05, 0) is 45.8 Å². The number of amides is 1. The second kappa shape index (κ2) is 7.14. The molecular weight excluding hydrogens is 428 g/mol.